The third-order valence-electron chi connectivity index (χ3n) is 3.41. The Bertz CT molecular complexity index is 653. The molecule has 1 unspecified atom stereocenters. The number of benzene rings is 1. The van der Waals surface area contributed by atoms with Crippen LogP contribution in [-0.4, -0.2) is 30.6 Å². The molecule has 3 rings (SSSR count). The first-order chi connectivity index (χ1) is 10.2. The van der Waals surface area contributed by atoms with Crippen molar-refractivity contribution >= 4 is 5.90 Å². The van der Waals surface area contributed by atoms with Crippen LogP contribution in [0.2, 0.25) is 0 Å². The number of hydrogen-bond acceptors (Lipinski definition) is 4. The number of aliphatic imine (C=N–C) groups is 1. The van der Waals surface area contributed by atoms with Crippen molar-refractivity contribution in [3.63, 3.8) is 0 Å². The zero-order valence-corrected chi connectivity index (χ0v) is 12.2. The molecule has 1 aliphatic rings. The van der Waals surface area contributed by atoms with Crippen LogP contribution in [0.1, 0.15) is 17.0 Å². The summed E-state index contributed by atoms with van der Waals surface area (Å²) in [5.41, 5.74) is 2.90. The molecule has 0 N–H and O–H groups in total. The smallest absolute Gasteiger partial charge is 0.235 e. The number of ether oxygens (including phenoxy) is 2. The largest absolute Gasteiger partial charge is 0.497 e. The average Bonchev–Trinajstić information content (AvgIpc) is 2.96. The van der Waals surface area contributed by atoms with Gasteiger partial charge >= 0.3 is 0 Å². The Morgan fingerprint density at radius 2 is 2.05 bits per heavy atom. The van der Waals surface area contributed by atoms with E-state index in [1.165, 1.54) is 5.56 Å². The molecule has 4 heteroatoms. The predicted octanol–water partition coefficient (Wildman–Crippen LogP) is 2.79. The van der Waals surface area contributed by atoms with Gasteiger partial charge in [-0.25, -0.2) is 9.98 Å². The highest BCUT2D eigenvalue weighted by atomic mass is 16.5. The van der Waals surface area contributed by atoms with Crippen LogP contribution in [0.4, 0.5) is 0 Å². The Kier molecular flexibility index (Phi) is 3.86. The van der Waals surface area contributed by atoms with Crippen molar-refractivity contribution in [1.29, 1.82) is 0 Å². The second-order valence-corrected chi connectivity index (χ2v) is 5.12. The molecule has 2 heterocycles. The average molecular weight is 282 g/mol. The van der Waals surface area contributed by atoms with Crippen LogP contribution in [0.25, 0.3) is 0 Å². The maximum Gasteiger partial charge on any atom is 0.235 e. The molecule has 108 valence electrons. The van der Waals surface area contributed by atoms with Gasteiger partial charge in [0.25, 0.3) is 0 Å². The lowest BCUT2D eigenvalue weighted by Gasteiger charge is -2.05. The van der Waals surface area contributed by atoms with Crippen LogP contribution >= 0.6 is 0 Å². The lowest BCUT2D eigenvalue weighted by atomic mass is 10.1. The van der Waals surface area contributed by atoms with E-state index in [-0.39, 0.29) is 6.04 Å². The highest BCUT2D eigenvalue weighted by Gasteiger charge is 2.22. The van der Waals surface area contributed by atoms with Crippen molar-refractivity contribution in [2.24, 2.45) is 4.99 Å². The van der Waals surface area contributed by atoms with E-state index >= 15 is 0 Å². The van der Waals surface area contributed by atoms with Gasteiger partial charge in [0.05, 0.1) is 13.2 Å². The van der Waals surface area contributed by atoms with Gasteiger partial charge in [-0.2, -0.15) is 0 Å². The number of hydrogen-bond donors (Lipinski definition) is 0. The molecule has 0 fully saturated rings. The highest BCUT2D eigenvalue weighted by molar-refractivity contribution is 5.93. The summed E-state index contributed by atoms with van der Waals surface area (Å²) >= 11 is 0. The molecule has 21 heavy (non-hydrogen) atoms. The van der Waals surface area contributed by atoms with Gasteiger partial charge in [-0.1, -0.05) is 30.3 Å². The zero-order valence-electron chi connectivity index (χ0n) is 12.2. The molecular formula is C17H18N2O2. The van der Waals surface area contributed by atoms with E-state index in [1.807, 2.05) is 37.3 Å². The number of rotatable bonds is 4. The molecule has 0 spiro atoms. The number of aryl methyl sites for hydroxylation is 1. The van der Waals surface area contributed by atoms with Crippen LogP contribution < -0.4 is 4.74 Å². The summed E-state index contributed by atoms with van der Waals surface area (Å²) in [5, 5.41) is 0. The SMILES string of the molecule is COc1cc(C)nc(C2=NC(Cc3ccccc3)CO2)c1. The third kappa shape index (κ3) is 3.21. The van der Waals surface area contributed by atoms with E-state index in [0.29, 0.717) is 12.5 Å². The van der Waals surface area contributed by atoms with Crippen LogP contribution in [0.15, 0.2) is 47.5 Å². The van der Waals surface area contributed by atoms with Crippen LogP contribution in [-0.2, 0) is 11.2 Å². The standard InChI is InChI=1S/C17H18N2O2/c1-12-8-15(20-2)10-16(18-12)17-19-14(11-21-17)9-13-6-4-3-5-7-13/h3-8,10,14H,9,11H2,1-2H3. The van der Waals surface area contributed by atoms with Gasteiger partial charge in [0.15, 0.2) is 0 Å². The fourth-order valence-corrected chi connectivity index (χ4v) is 2.41. The topological polar surface area (TPSA) is 43.7 Å². The first-order valence-corrected chi connectivity index (χ1v) is 7.02. The fraction of sp³-hybridized carbons (Fsp3) is 0.294. The molecule has 4 nitrogen and oxygen atoms in total. The van der Waals surface area contributed by atoms with Crippen LogP contribution in [0.5, 0.6) is 5.75 Å². The van der Waals surface area contributed by atoms with E-state index in [0.717, 1.165) is 23.6 Å². The number of nitrogens with zero attached hydrogens (tertiary/aromatic N) is 2. The lowest BCUT2D eigenvalue weighted by molar-refractivity contribution is 0.316. The van der Waals surface area contributed by atoms with E-state index < -0.39 is 0 Å². The van der Waals surface area contributed by atoms with Crippen molar-refractivity contribution < 1.29 is 9.47 Å². The molecular weight excluding hydrogens is 264 g/mol. The van der Waals surface area contributed by atoms with Gasteiger partial charge < -0.3 is 9.47 Å². The Hall–Kier alpha value is -2.36. The lowest BCUT2D eigenvalue weighted by Crippen LogP contribution is -2.09. The van der Waals surface area contributed by atoms with Gasteiger partial charge in [0.2, 0.25) is 5.90 Å². The Morgan fingerprint density at radius 3 is 2.81 bits per heavy atom. The summed E-state index contributed by atoms with van der Waals surface area (Å²) in [6.45, 7) is 2.53. The van der Waals surface area contributed by atoms with Crippen molar-refractivity contribution in [3.8, 4) is 5.75 Å². The third-order valence-corrected chi connectivity index (χ3v) is 3.41. The number of pyridine rings is 1. The van der Waals surface area contributed by atoms with E-state index in [2.05, 4.69) is 22.1 Å². The normalized spacial score (nSPS) is 17.2. The first kappa shape index (κ1) is 13.6. The summed E-state index contributed by atoms with van der Waals surface area (Å²) in [4.78, 5) is 9.12. The van der Waals surface area contributed by atoms with Crippen LogP contribution in [0, 0.1) is 6.92 Å². The van der Waals surface area contributed by atoms with Gasteiger partial charge in [0, 0.05) is 17.8 Å². The molecule has 1 aromatic heterocycles. The predicted molar refractivity (Wildman–Crippen MR) is 81.9 cm³/mol. The quantitative estimate of drug-likeness (QED) is 0.866. The molecule has 1 aliphatic heterocycles. The Balaban J connectivity index is 1.78. The van der Waals surface area contributed by atoms with Crippen molar-refractivity contribution in [1.82, 2.24) is 4.98 Å². The molecule has 1 aromatic carbocycles. The minimum atomic E-state index is 0.149. The van der Waals surface area contributed by atoms with Crippen molar-refractivity contribution in [2.75, 3.05) is 13.7 Å². The van der Waals surface area contributed by atoms with Crippen molar-refractivity contribution in [3.05, 3.63) is 59.4 Å². The molecule has 0 saturated heterocycles. The van der Waals surface area contributed by atoms with Gasteiger partial charge in [-0.15, -0.1) is 0 Å². The second kappa shape index (κ2) is 5.95. The number of aromatic nitrogens is 1. The van der Waals surface area contributed by atoms with Gasteiger partial charge in [-0.05, 0) is 18.9 Å². The monoisotopic (exact) mass is 282 g/mol. The Morgan fingerprint density at radius 1 is 1.24 bits per heavy atom. The first-order valence-electron chi connectivity index (χ1n) is 7.02. The van der Waals surface area contributed by atoms with E-state index in [4.69, 9.17) is 9.47 Å². The summed E-state index contributed by atoms with van der Waals surface area (Å²) in [6.07, 6.45) is 0.882. The van der Waals surface area contributed by atoms with E-state index in [9.17, 15) is 0 Å². The molecule has 1 atom stereocenters. The van der Waals surface area contributed by atoms with E-state index in [1.54, 1.807) is 7.11 Å². The fourth-order valence-electron chi connectivity index (χ4n) is 2.41. The van der Waals surface area contributed by atoms with Crippen LogP contribution in [0.3, 0.4) is 0 Å². The summed E-state index contributed by atoms with van der Waals surface area (Å²) < 4.78 is 11.0. The van der Waals surface area contributed by atoms with Crippen molar-refractivity contribution in [2.45, 2.75) is 19.4 Å². The Labute approximate surface area is 124 Å². The maximum atomic E-state index is 5.71. The summed E-state index contributed by atoms with van der Waals surface area (Å²) in [6, 6.07) is 14.2. The highest BCUT2D eigenvalue weighted by Crippen LogP contribution is 2.19. The minimum absolute atomic E-state index is 0.149. The molecule has 2 aromatic rings. The minimum Gasteiger partial charge on any atom is -0.497 e. The molecule has 0 radical (unpaired) electrons. The molecule has 0 aliphatic carbocycles. The molecule has 0 bridgehead atoms. The van der Waals surface area contributed by atoms with Gasteiger partial charge in [0.1, 0.15) is 18.1 Å². The second-order valence-electron chi connectivity index (χ2n) is 5.12. The summed E-state index contributed by atoms with van der Waals surface area (Å²) in [5.74, 6) is 1.38. The summed E-state index contributed by atoms with van der Waals surface area (Å²) in [7, 11) is 1.65. The maximum absolute atomic E-state index is 5.71. The molecule has 0 amide bonds. The number of methoxy groups -OCH3 is 1. The van der Waals surface area contributed by atoms with Gasteiger partial charge in [-0.3, -0.25) is 0 Å². The zero-order chi connectivity index (χ0) is 14.7. The molecule has 0 saturated carbocycles.